The highest BCUT2D eigenvalue weighted by molar-refractivity contribution is 6.69. The second-order valence-corrected chi connectivity index (χ2v) is 18.8. The number of hydrogen-bond acceptors (Lipinski definition) is 2. The Hall–Kier alpha value is -7.34. The van der Waals surface area contributed by atoms with E-state index in [2.05, 4.69) is 108 Å². The van der Waals surface area contributed by atoms with E-state index < -0.39 is 0 Å². The number of hydrogen-bond donors (Lipinski definition) is 0. The second-order valence-electron chi connectivity index (χ2n) is 18.8. The highest BCUT2D eigenvalue weighted by Gasteiger charge is 2.62. The van der Waals surface area contributed by atoms with Gasteiger partial charge in [-0.2, -0.15) is 10.3 Å². The van der Waals surface area contributed by atoms with Crippen molar-refractivity contribution in [3.8, 4) is 6.19 Å². The van der Waals surface area contributed by atoms with Crippen LogP contribution >= 0.6 is 0 Å². The summed E-state index contributed by atoms with van der Waals surface area (Å²) in [6.45, 7) is 0. The molecule has 0 amide bonds. The Labute approximate surface area is 325 Å². The molecule has 2 heteroatoms. The maximum absolute atomic E-state index is 9.95. The van der Waals surface area contributed by atoms with Crippen LogP contribution in [0.2, 0.25) is 0 Å². The van der Waals surface area contributed by atoms with Crippen LogP contribution in [-0.4, -0.2) is 5.71 Å². The molecule has 1 fully saturated rings. The third-order valence-electron chi connectivity index (χ3n) is 17.5. The summed E-state index contributed by atoms with van der Waals surface area (Å²) >= 11 is 0. The Kier molecular flexibility index (Phi) is 3.20. The molecule has 2 atom stereocenters. The lowest BCUT2D eigenvalue weighted by atomic mass is 9.73. The molecule has 0 aromatic heterocycles. The topological polar surface area (TPSA) is 36.1 Å². The zero-order valence-electron chi connectivity index (χ0n) is 30.4. The van der Waals surface area contributed by atoms with Gasteiger partial charge >= 0.3 is 0 Å². The van der Waals surface area contributed by atoms with Gasteiger partial charge in [0.05, 0.1) is 5.71 Å². The standard InChI is InChI=1S/C56H20N2/c57-17-58-56-26-7-3-1-5-18(26)30(19-6-2-4-8-27(19)56)41-47-39-28-15-13-24-22-11-9-20-21-10-12-23-25-14-16-29-38-36(25)44-34(23)32(21)42-31(20)33(22)43-35(24)37(28)45-49(39)50(40(29)48(41)47)46(38)55-53(44)51(42)52(43)54(45)55/h1-16,30,41,47-48H. The van der Waals surface area contributed by atoms with E-state index in [1.807, 2.05) is 0 Å². The van der Waals surface area contributed by atoms with E-state index in [9.17, 15) is 5.26 Å². The van der Waals surface area contributed by atoms with Crippen LogP contribution in [-0.2, 0) is 0 Å². The Morgan fingerprint density at radius 2 is 0.655 bits per heavy atom. The third-order valence-corrected chi connectivity index (χ3v) is 17.5. The van der Waals surface area contributed by atoms with E-state index in [4.69, 9.17) is 0 Å². The molecule has 58 heavy (non-hydrogen) atoms. The molecule has 2 unspecified atom stereocenters. The summed E-state index contributed by atoms with van der Waals surface area (Å²) in [5, 5.41) is 52.5. The average molecular weight is 721 g/mol. The summed E-state index contributed by atoms with van der Waals surface area (Å²) in [6.07, 6.45) is 2.17. The lowest BCUT2D eigenvalue weighted by Gasteiger charge is -2.30. The lowest BCUT2D eigenvalue weighted by Crippen LogP contribution is -2.22. The van der Waals surface area contributed by atoms with Gasteiger partial charge in [-0.3, -0.25) is 0 Å². The summed E-state index contributed by atoms with van der Waals surface area (Å²) in [6, 6.07) is 37.7. The summed E-state index contributed by atoms with van der Waals surface area (Å²) in [5.41, 5.74) is 8.93. The quantitative estimate of drug-likeness (QED) is 0.123. The molecule has 1 saturated carbocycles. The van der Waals surface area contributed by atoms with Gasteiger partial charge in [0, 0.05) is 17.0 Å². The minimum Gasteiger partial charge on any atom is -0.172 e. The van der Waals surface area contributed by atoms with Gasteiger partial charge in [0.25, 0.3) is 0 Å². The van der Waals surface area contributed by atoms with Crippen molar-refractivity contribution in [1.82, 2.24) is 0 Å². The number of rotatable bonds is 1. The lowest BCUT2D eigenvalue weighted by molar-refractivity contribution is 0.664. The van der Waals surface area contributed by atoms with Gasteiger partial charge in [-0.25, -0.2) is 0 Å². The summed E-state index contributed by atoms with van der Waals surface area (Å²) in [7, 11) is 0. The fourth-order valence-corrected chi connectivity index (χ4v) is 16.1. The molecule has 0 radical (unpaired) electrons. The zero-order valence-corrected chi connectivity index (χ0v) is 30.4. The van der Waals surface area contributed by atoms with Gasteiger partial charge in [-0.05, 0) is 191 Å². The predicted octanol–water partition coefficient (Wildman–Crippen LogP) is 14.4. The largest absolute Gasteiger partial charge is 0.206 e. The number of benzene rings is 11. The first-order valence-corrected chi connectivity index (χ1v) is 21.0. The van der Waals surface area contributed by atoms with Crippen molar-refractivity contribution in [2.75, 3.05) is 0 Å². The van der Waals surface area contributed by atoms with E-state index in [1.165, 1.54) is 97.3 Å². The maximum atomic E-state index is 9.95. The SMILES string of the molecule is N#CN=C1c2ccccc2C(C2C3c4c5ccc6c7ccc8c9ccc%10c%11ccc%12c(c%13c4c4c5c6c5c7c8c6c9c%10c7c%11c%12c%13c8c4c5c6c78)C32)c2ccccc21. The zero-order chi connectivity index (χ0) is 36.2. The normalized spacial score (nSPS) is 21.1. The summed E-state index contributed by atoms with van der Waals surface area (Å²) < 4.78 is 0. The van der Waals surface area contributed by atoms with Crippen LogP contribution in [0.5, 0.6) is 0 Å². The Balaban J connectivity index is 1.08. The molecule has 254 valence electrons. The second kappa shape index (κ2) is 7.22. The molecule has 17 aromatic rings. The Morgan fingerprint density at radius 3 is 1.03 bits per heavy atom. The molecule has 17 aromatic carbocycles. The molecule has 3 aliphatic carbocycles. The van der Waals surface area contributed by atoms with Crippen LogP contribution in [0.15, 0.2) is 102 Å². The number of aliphatic imine (C=N–C) groups is 1. The van der Waals surface area contributed by atoms with Gasteiger partial charge in [-0.1, -0.05) is 97.1 Å². The van der Waals surface area contributed by atoms with E-state index in [-0.39, 0.29) is 5.92 Å². The molecular weight excluding hydrogens is 701 g/mol. The predicted molar refractivity (Wildman–Crippen MR) is 241 cm³/mol. The maximum Gasteiger partial charge on any atom is 0.206 e. The van der Waals surface area contributed by atoms with Crippen molar-refractivity contribution in [3.63, 3.8) is 0 Å². The van der Waals surface area contributed by atoms with Crippen molar-refractivity contribution >= 4 is 157 Å². The fourth-order valence-electron chi connectivity index (χ4n) is 16.1. The fraction of sp³-hybridized carbons (Fsp3) is 0.0714. The molecule has 0 spiro atoms. The highest BCUT2D eigenvalue weighted by Crippen LogP contribution is 2.77. The van der Waals surface area contributed by atoms with Crippen LogP contribution in [0, 0.1) is 17.4 Å². The first kappa shape index (κ1) is 25.7. The van der Waals surface area contributed by atoms with E-state index in [0.29, 0.717) is 17.8 Å². The van der Waals surface area contributed by atoms with Crippen molar-refractivity contribution in [2.24, 2.45) is 10.9 Å². The average Bonchev–Trinajstić information content (AvgIpc) is 3.79. The smallest absolute Gasteiger partial charge is 0.172 e. The van der Waals surface area contributed by atoms with Crippen molar-refractivity contribution < 1.29 is 0 Å². The van der Waals surface area contributed by atoms with Gasteiger partial charge < -0.3 is 0 Å². The van der Waals surface area contributed by atoms with Gasteiger partial charge in [0.15, 0.2) is 0 Å². The highest BCUT2D eigenvalue weighted by atomic mass is 14.7. The Morgan fingerprint density at radius 1 is 0.345 bits per heavy atom. The van der Waals surface area contributed by atoms with E-state index in [0.717, 1.165) is 16.8 Å². The molecule has 2 nitrogen and oxygen atoms in total. The summed E-state index contributed by atoms with van der Waals surface area (Å²) in [4.78, 5) is 4.50. The molecule has 0 bridgehead atoms. The van der Waals surface area contributed by atoms with Crippen LogP contribution in [0.1, 0.15) is 51.1 Å². The van der Waals surface area contributed by atoms with Gasteiger partial charge in [-0.15, -0.1) is 0 Å². The van der Waals surface area contributed by atoms with Crippen molar-refractivity contribution in [2.45, 2.75) is 17.8 Å². The number of nitrogens with zero attached hydrogens (tertiary/aromatic N) is 2. The van der Waals surface area contributed by atoms with Crippen LogP contribution in [0.4, 0.5) is 0 Å². The first-order chi connectivity index (χ1) is 28.8. The molecule has 0 N–H and O–H groups in total. The van der Waals surface area contributed by atoms with Gasteiger partial charge in [0.2, 0.25) is 6.19 Å². The molecule has 0 saturated heterocycles. The third kappa shape index (κ3) is 1.99. The van der Waals surface area contributed by atoms with Crippen molar-refractivity contribution in [3.05, 3.63) is 130 Å². The number of fused-ring (bicyclic) bond motifs is 10. The molecular formula is C56H20N2. The molecule has 0 aliphatic heterocycles. The van der Waals surface area contributed by atoms with Crippen LogP contribution < -0.4 is 0 Å². The summed E-state index contributed by atoms with van der Waals surface area (Å²) in [5.74, 6) is 1.36. The molecule has 3 aliphatic rings. The minimum atomic E-state index is 0.194. The first-order valence-electron chi connectivity index (χ1n) is 21.0. The monoisotopic (exact) mass is 720 g/mol. The van der Waals surface area contributed by atoms with Crippen LogP contribution in [0.25, 0.3) is 151 Å². The van der Waals surface area contributed by atoms with E-state index in [1.54, 1.807) is 75.8 Å². The minimum absolute atomic E-state index is 0.194. The Bertz CT molecular complexity index is 4520. The molecule has 0 heterocycles. The van der Waals surface area contributed by atoms with Crippen LogP contribution in [0.3, 0.4) is 0 Å². The number of nitriles is 1. The van der Waals surface area contributed by atoms with E-state index >= 15 is 0 Å². The molecule has 20 rings (SSSR count). The van der Waals surface area contributed by atoms with Gasteiger partial charge in [0.1, 0.15) is 0 Å². The van der Waals surface area contributed by atoms with Crippen molar-refractivity contribution in [1.29, 1.82) is 5.26 Å².